The first-order valence-corrected chi connectivity index (χ1v) is 11.0. The maximum Gasteiger partial charge on any atom is 0.411 e. The van der Waals surface area contributed by atoms with Crippen LogP contribution in [0, 0.1) is 11.7 Å². The summed E-state index contributed by atoms with van der Waals surface area (Å²) < 4.78 is 60.4. The summed E-state index contributed by atoms with van der Waals surface area (Å²) in [6, 6.07) is 7.88. The van der Waals surface area contributed by atoms with Crippen LogP contribution in [0.1, 0.15) is 45.2 Å². The molecule has 0 spiro atoms. The van der Waals surface area contributed by atoms with Crippen LogP contribution in [-0.2, 0) is 6.54 Å². The van der Waals surface area contributed by atoms with E-state index < -0.39 is 41.6 Å². The first-order chi connectivity index (χ1) is 17.0. The Morgan fingerprint density at radius 1 is 1.19 bits per heavy atom. The second-order valence-corrected chi connectivity index (χ2v) is 8.47. The lowest BCUT2D eigenvalue weighted by molar-refractivity contribution is -0.175. The molecule has 4 rings (SSSR count). The van der Waals surface area contributed by atoms with Gasteiger partial charge in [-0.3, -0.25) is 9.59 Å². The fourth-order valence-electron chi connectivity index (χ4n) is 4.04. The first kappa shape index (κ1) is 25.0. The van der Waals surface area contributed by atoms with Gasteiger partial charge in [-0.1, -0.05) is 24.3 Å². The molecule has 1 aromatic heterocycles. The average Bonchev–Trinajstić information content (AvgIpc) is 3.59. The van der Waals surface area contributed by atoms with E-state index in [0.717, 1.165) is 6.07 Å². The molecule has 2 aromatic carbocycles. The number of aromatic nitrogens is 2. The Morgan fingerprint density at radius 2 is 1.86 bits per heavy atom. The molecular formula is C24H23F4N5O3. The molecule has 3 aromatic rings. The Hall–Kier alpha value is -4.09. The number of nitrogens with zero attached hydrogens (tertiary/aromatic N) is 2. The average molecular weight is 505 g/mol. The van der Waals surface area contributed by atoms with E-state index >= 15 is 0 Å². The number of nitrogen functional groups attached to an aromatic ring is 1. The molecule has 1 aliphatic rings. The molecule has 0 aliphatic heterocycles. The molecule has 1 heterocycles. The first-order valence-electron chi connectivity index (χ1n) is 11.0. The Kier molecular flexibility index (Phi) is 6.61. The van der Waals surface area contributed by atoms with E-state index in [1.165, 1.54) is 31.4 Å². The number of amides is 2. The van der Waals surface area contributed by atoms with E-state index in [1.54, 1.807) is 12.1 Å². The Morgan fingerprint density at radius 3 is 2.42 bits per heavy atom. The maximum absolute atomic E-state index is 13.7. The van der Waals surface area contributed by atoms with Gasteiger partial charge in [0.2, 0.25) is 0 Å². The van der Waals surface area contributed by atoms with Crippen LogP contribution < -0.4 is 21.5 Å². The molecule has 1 unspecified atom stereocenters. The molecule has 0 radical (unpaired) electrons. The van der Waals surface area contributed by atoms with Crippen molar-refractivity contribution in [2.75, 3.05) is 12.8 Å². The van der Waals surface area contributed by atoms with Crippen LogP contribution in [0.4, 0.5) is 23.4 Å². The van der Waals surface area contributed by atoms with E-state index in [0.29, 0.717) is 28.7 Å². The lowest BCUT2D eigenvalue weighted by Crippen LogP contribution is -2.30. The summed E-state index contributed by atoms with van der Waals surface area (Å²) in [6.07, 6.45) is -3.83. The Labute approximate surface area is 203 Å². The van der Waals surface area contributed by atoms with Crippen LogP contribution in [0.25, 0.3) is 11.3 Å². The predicted octanol–water partition coefficient (Wildman–Crippen LogP) is 3.82. The molecule has 2 amide bonds. The fourth-order valence-corrected chi connectivity index (χ4v) is 4.04. The Bertz CT molecular complexity index is 1300. The van der Waals surface area contributed by atoms with Crippen molar-refractivity contribution in [1.29, 1.82) is 0 Å². The zero-order chi connectivity index (χ0) is 26.2. The maximum atomic E-state index is 13.7. The summed E-state index contributed by atoms with van der Waals surface area (Å²) in [5.74, 6) is -3.04. The number of hydrogen-bond acceptors (Lipinski definition) is 5. The number of primary amides is 1. The smallest absolute Gasteiger partial charge is 0.411 e. The number of halogens is 4. The van der Waals surface area contributed by atoms with Gasteiger partial charge in [0.15, 0.2) is 6.04 Å². The van der Waals surface area contributed by atoms with Gasteiger partial charge in [0.1, 0.15) is 28.6 Å². The second-order valence-electron chi connectivity index (χ2n) is 8.47. The van der Waals surface area contributed by atoms with Gasteiger partial charge in [-0.15, -0.1) is 0 Å². The molecule has 1 fully saturated rings. The van der Waals surface area contributed by atoms with Gasteiger partial charge in [0, 0.05) is 12.1 Å². The van der Waals surface area contributed by atoms with Gasteiger partial charge in [-0.05, 0) is 42.5 Å². The highest BCUT2D eigenvalue weighted by Gasteiger charge is 2.52. The molecule has 0 bridgehead atoms. The van der Waals surface area contributed by atoms with Gasteiger partial charge in [0.25, 0.3) is 11.8 Å². The third kappa shape index (κ3) is 4.97. The van der Waals surface area contributed by atoms with Crippen LogP contribution >= 0.6 is 0 Å². The van der Waals surface area contributed by atoms with Crippen molar-refractivity contribution in [3.63, 3.8) is 0 Å². The lowest BCUT2D eigenvalue weighted by atomic mass is 10.0. The van der Waals surface area contributed by atoms with Crippen molar-refractivity contribution in [2.24, 2.45) is 11.7 Å². The van der Waals surface area contributed by atoms with Crippen molar-refractivity contribution in [1.82, 2.24) is 15.1 Å². The van der Waals surface area contributed by atoms with Crippen molar-refractivity contribution >= 4 is 17.6 Å². The number of benzene rings is 2. The van der Waals surface area contributed by atoms with Gasteiger partial charge < -0.3 is 21.5 Å². The van der Waals surface area contributed by atoms with Crippen LogP contribution in [0.3, 0.4) is 0 Å². The standard InChI is InChI=1S/C24H23F4N5O3/c1-36-17-9-8-15(25)10-16(17)23(35)31-11-12-2-4-13(5-3-12)19-18(22(30)34)21(29)33(32-19)20(14-6-7-14)24(26,27)28/h2-5,8-10,14,20H,6-7,11,29H2,1H3,(H2,30,34)(H,31,35). The number of alkyl halides is 3. The van der Waals surface area contributed by atoms with Gasteiger partial charge in [-0.2, -0.15) is 18.3 Å². The summed E-state index contributed by atoms with van der Waals surface area (Å²) in [4.78, 5) is 24.5. The number of carbonyl (C=O) groups is 2. The molecule has 1 aliphatic carbocycles. The van der Waals surface area contributed by atoms with Gasteiger partial charge in [-0.25, -0.2) is 9.07 Å². The van der Waals surface area contributed by atoms with Crippen LogP contribution in [-0.4, -0.2) is 34.9 Å². The number of methoxy groups -OCH3 is 1. The van der Waals surface area contributed by atoms with Gasteiger partial charge >= 0.3 is 6.18 Å². The highest BCUT2D eigenvalue weighted by Crippen LogP contribution is 2.49. The van der Waals surface area contributed by atoms with Crippen molar-refractivity contribution in [3.8, 4) is 17.0 Å². The minimum Gasteiger partial charge on any atom is -0.496 e. The number of nitrogens with two attached hydrogens (primary N) is 2. The number of ether oxygens (including phenoxy) is 1. The van der Waals surface area contributed by atoms with Crippen molar-refractivity contribution in [2.45, 2.75) is 31.6 Å². The zero-order valence-corrected chi connectivity index (χ0v) is 19.1. The summed E-state index contributed by atoms with van der Waals surface area (Å²) in [5.41, 5.74) is 12.0. The third-order valence-electron chi connectivity index (χ3n) is 5.95. The summed E-state index contributed by atoms with van der Waals surface area (Å²) in [6.45, 7) is 0.0653. The minimum absolute atomic E-state index is 0.0242. The molecule has 1 saturated carbocycles. The van der Waals surface area contributed by atoms with E-state index in [1.807, 2.05) is 0 Å². The Balaban J connectivity index is 1.57. The molecule has 0 saturated heterocycles. The van der Waals surface area contributed by atoms with E-state index in [4.69, 9.17) is 16.2 Å². The minimum atomic E-state index is -4.60. The number of rotatable bonds is 8. The highest BCUT2D eigenvalue weighted by atomic mass is 19.4. The van der Waals surface area contributed by atoms with Crippen LogP contribution in [0.15, 0.2) is 42.5 Å². The normalized spacial score (nSPS) is 14.4. The molecular weight excluding hydrogens is 482 g/mol. The number of carbonyl (C=O) groups excluding carboxylic acids is 2. The van der Waals surface area contributed by atoms with Crippen LogP contribution in [0.2, 0.25) is 0 Å². The van der Waals surface area contributed by atoms with E-state index in [-0.39, 0.29) is 29.1 Å². The topological polar surface area (TPSA) is 125 Å². The summed E-state index contributed by atoms with van der Waals surface area (Å²) in [7, 11) is 1.36. The van der Waals surface area contributed by atoms with E-state index in [2.05, 4.69) is 10.4 Å². The molecule has 8 nitrogen and oxygen atoms in total. The van der Waals surface area contributed by atoms with E-state index in [9.17, 15) is 27.2 Å². The quantitative estimate of drug-likeness (QED) is 0.402. The summed E-state index contributed by atoms with van der Waals surface area (Å²) >= 11 is 0. The van der Waals surface area contributed by atoms with Gasteiger partial charge in [0.05, 0.1) is 12.7 Å². The zero-order valence-electron chi connectivity index (χ0n) is 19.1. The SMILES string of the molecule is COc1ccc(F)cc1C(=O)NCc1ccc(-c2nn(C(C3CC3)C(F)(F)F)c(N)c2C(N)=O)cc1. The monoisotopic (exact) mass is 505 g/mol. The molecule has 1 atom stereocenters. The largest absolute Gasteiger partial charge is 0.496 e. The third-order valence-corrected chi connectivity index (χ3v) is 5.95. The number of anilines is 1. The van der Waals surface area contributed by atoms with Crippen LogP contribution in [0.5, 0.6) is 5.75 Å². The molecule has 36 heavy (non-hydrogen) atoms. The highest BCUT2D eigenvalue weighted by molar-refractivity contribution is 6.03. The molecule has 190 valence electrons. The fraction of sp³-hybridized carbons (Fsp3) is 0.292. The number of hydrogen-bond donors (Lipinski definition) is 3. The summed E-state index contributed by atoms with van der Waals surface area (Å²) in [5, 5.41) is 6.70. The lowest BCUT2D eigenvalue weighted by Gasteiger charge is -2.21. The van der Waals surface area contributed by atoms with Crippen molar-refractivity contribution < 1.29 is 31.9 Å². The van der Waals surface area contributed by atoms with Crippen molar-refractivity contribution in [3.05, 3.63) is 65.0 Å². The second kappa shape index (κ2) is 9.51. The molecule has 5 N–H and O–H groups in total. The molecule has 12 heteroatoms. The number of nitrogens with one attached hydrogen (secondary N) is 1. The predicted molar refractivity (Wildman–Crippen MR) is 123 cm³/mol.